The minimum Gasteiger partial charge on any atom is -0.481 e. The molecular weight excluding hydrogens is 282 g/mol. The summed E-state index contributed by atoms with van der Waals surface area (Å²) in [4.78, 5) is 22.5. The van der Waals surface area contributed by atoms with Crippen LogP contribution in [-0.4, -0.2) is 30.6 Å². The summed E-state index contributed by atoms with van der Waals surface area (Å²) in [6, 6.07) is 7.22. The predicted molar refractivity (Wildman–Crippen MR) is 73.4 cm³/mol. The number of nitrogens with one attached hydrogen (secondary N) is 1. The zero-order valence-corrected chi connectivity index (χ0v) is 11.8. The molecule has 5 nitrogen and oxygen atoms in total. The van der Waals surface area contributed by atoms with Crippen LogP contribution in [0.4, 0.5) is 0 Å². The molecule has 2 N–H and O–H groups in total. The average molecular weight is 298 g/mol. The molecule has 0 aliphatic heterocycles. The summed E-state index contributed by atoms with van der Waals surface area (Å²) >= 11 is 5.91. The fraction of sp³-hybridized carbons (Fsp3) is 0.429. The van der Waals surface area contributed by atoms with Gasteiger partial charge in [0, 0.05) is 18.7 Å². The van der Waals surface area contributed by atoms with E-state index >= 15 is 0 Å². The van der Waals surface area contributed by atoms with Crippen molar-refractivity contribution < 1.29 is 19.4 Å². The number of ether oxygens (including phenoxy) is 1. The smallest absolute Gasteiger partial charge is 0.307 e. The first-order chi connectivity index (χ1) is 9.52. The molecule has 1 aliphatic carbocycles. The number of benzene rings is 1. The number of halogens is 1. The molecule has 6 heteroatoms. The van der Waals surface area contributed by atoms with E-state index in [1.165, 1.54) is 0 Å². The number of carboxylic acids is 1. The van der Waals surface area contributed by atoms with Crippen LogP contribution in [0.3, 0.4) is 0 Å². The number of hydrogen-bond donors (Lipinski definition) is 2. The van der Waals surface area contributed by atoms with Crippen LogP contribution in [-0.2, 0) is 14.3 Å². The zero-order chi connectivity index (χ0) is 14.7. The average Bonchev–Trinajstić information content (AvgIpc) is 3.19. The molecule has 1 amide bonds. The number of rotatable bonds is 6. The lowest BCUT2D eigenvalue weighted by molar-refractivity contribution is -0.140. The highest BCUT2D eigenvalue weighted by atomic mass is 35.5. The molecule has 1 aliphatic rings. The highest BCUT2D eigenvalue weighted by molar-refractivity contribution is 6.30. The third kappa shape index (κ3) is 3.49. The SMILES string of the molecule is CO[C@H](CNC(=O)[C@@H]1C[C@@H]1C(=O)O)c1cccc(Cl)c1. The molecule has 0 spiro atoms. The number of carbonyl (C=O) groups excluding carboxylic acids is 1. The Kier molecular flexibility index (Phi) is 4.62. The van der Waals surface area contributed by atoms with Crippen molar-refractivity contribution in [1.82, 2.24) is 5.32 Å². The topological polar surface area (TPSA) is 75.6 Å². The fourth-order valence-corrected chi connectivity index (χ4v) is 2.32. The molecule has 108 valence electrons. The van der Waals surface area contributed by atoms with E-state index in [9.17, 15) is 9.59 Å². The van der Waals surface area contributed by atoms with Crippen molar-refractivity contribution in [3.8, 4) is 0 Å². The summed E-state index contributed by atoms with van der Waals surface area (Å²) in [5.74, 6) is -2.10. The van der Waals surface area contributed by atoms with E-state index in [-0.39, 0.29) is 12.0 Å². The fourth-order valence-electron chi connectivity index (χ4n) is 2.13. The molecule has 1 fully saturated rings. The summed E-state index contributed by atoms with van der Waals surface area (Å²) in [6.07, 6.45) is 0.107. The molecule has 0 aromatic heterocycles. The number of hydrogen-bond acceptors (Lipinski definition) is 3. The predicted octanol–water partition coefficient (Wildman–Crippen LogP) is 1.86. The highest BCUT2D eigenvalue weighted by Gasteiger charge is 2.48. The van der Waals surface area contributed by atoms with Crippen molar-refractivity contribution in [2.45, 2.75) is 12.5 Å². The Hall–Kier alpha value is -1.59. The number of amides is 1. The highest BCUT2D eigenvalue weighted by Crippen LogP contribution is 2.38. The van der Waals surface area contributed by atoms with E-state index < -0.39 is 17.8 Å². The maximum Gasteiger partial charge on any atom is 0.307 e. The van der Waals surface area contributed by atoms with Gasteiger partial charge in [-0.1, -0.05) is 23.7 Å². The number of carboxylic acid groups (broad SMARTS) is 1. The Balaban J connectivity index is 1.89. The van der Waals surface area contributed by atoms with Crippen LogP contribution in [0.15, 0.2) is 24.3 Å². The minimum atomic E-state index is -0.914. The van der Waals surface area contributed by atoms with Gasteiger partial charge in [0.2, 0.25) is 5.91 Å². The zero-order valence-electron chi connectivity index (χ0n) is 11.0. The molecule has 1 aromatic rings. The third-order valence-electron chi connectivity index (χ3n) is 3.41. The van der Waals surface area contributed by atoms with E-state index in [4.69, 9.17) is 21.4 Å². The summed E-state index contributed by atoms with van der Waals surface area (Å²) in [6.45, 7) is 0.290. The molecule has 0 bridgehead atoms. The van der Waals surface area contributed by atoms with Gasteiger partial charge in [-0.2, -0.15) is 0 Å². The van der Waals surface area contributed by atoms with Crippen molar-refractivity contribution in [2.75, 3.05) is 13.7 Å². The molecule has 3 atom stereocenters. The van der Waals surface area contributed by atoms with Gasteiger partial charge in [0.15, 0.2) is 0 Å². The number of methoxy groups -OCH3 is 1. The van der Waals surface area contributed by atoms with Gasteiger partial charge >= 0.3 is 5.97 Å². The second kappa shape index (κ2) is 6.24. The Morgan fingerprint density at radius 1 is 1.50 bits per heavy atom. The first kappa shape index (κ1) is 14.8. The normalized spacial score (nSPS) is 22.1. The molecule has 2 rings (SSSR count). The lowest BCUT2D eigenvalue weighted by Gasteiger charge is -2.16. The Labute approximate surface area is 121 Å². The maximum absolute atomic E-state index is 11.8. The summed E-state index contributed by atoms with van der Waals surface area (Å²) in [5.41, 5.74) is 0.867. The molecule has 0 saturated heterocycles. The summed E-state index contributed by atoms with van der Waals surface area (Å²) < 4.78 is 5.33. The molecule has 1 aromatic carbocycles. The lowest BCUT2D eigenvalue weighted by Crippen LogP contribution is -2.31. The van der Waals surface area contributed by atoms with Gasteiger partial charge in [-0.25, -0.2) is 0 Å². The van der Waals surface area contributed by atoms with Gasteiger partial charge in [0.05, 0.1) is 17.9 Å². The summed E-state index contributed by atoms with van der Waals surface area (Å²) in [7, 11) is 1.55. The van der Waals surface area contributed by atoms with Gasteiger partial charge in [-0.15, -0.1) is 0 Å². The van der Waals surface area contributed by atoms with Crippen LogP contribution >= 0.6 is 11.6 Å². The number of carbonyl (C=O) groups is 2. The first-order valence-electron chi connectivity index (χ1n) is 6.31. The van der Waals surface area contributed by atoms with Crippen molar-refractivity contribution >= 4 is 23.5 Å². The standard InChI is InChI=1S/C14H16ClNO4/c1-20-12(8-3-2-4-9(15)5-8)7-16-13(17)10-6-11(10)14(18)19/h2-5,10-12H,6-7H2,1H3,(H,16,17)(H,18,19)/t10-,11+,12-/m1/s1. The van der Waals surface area contributed by atoms with E-state index in [0.717, 1.165) is 5.56 Å². The van der Waals surface area contributed by atoms with Crippen LogP contribution in [0, 0.1) is 11.8 Å². The second-order valence-electron chi connectivity index (χ2n) is 4.81. The molecule has 0 radical (unpaired) electrons. The Morgan fingerprint density at radius 2 is 2.25 bits per heavy atom. The van der Waals surface area contributed by atoms with Crippen LogP contribution in [0.1, 0.15) is 18.1 Å². The second-order valence-corrected chi connectivity index (χ2v) is 5.25. The van der Waals surface area contributed by atoms with Crippen molar-refractivity contribution in [1.29, 1.82) is 0 Å². The Morgan fingerprint density at radius 3 is 2.80 bits per heavy atom. The van der Waals surface area contributed by atoms with Crippen molar-refractivity contribution in [2.24, 2.45) is 11.8 Å². The van der Waals surface area contributed by atoms with Gasteiger partial charge in [0.1, 0.15) is 0 Å². The van der Waals surface area contributed by atoms with Crippen molar-refractivity contribution in [3.63, 3.8) is 0 Å². The molecule has 0 unspecified atom stereocenters. The van der Waals surface area contributed by atoms with E-state index in [1.54, 1.807) is 19.2 Å². The van der Waals surface area contributed by atoms with E-state index in [2.05, 4.69) is 5.32 Å². The van der Waals surface area contributed by atoms with Crippen LogP contribution in [0.2, 0.25) is 5.02 Å². The first-order valence-corrected chi connectivity index (χ1v) is 6.69. The number of aliphatic carboxylic acids is 1. The maximum atomic E-state index is 11.8. The quantitative estimate of drug-likeness (QED) is 0.840. The van der Waals surface area contributed by atoms with E-state index in [1.807, 2.05) is 12.1 Å². The van der Waals surface area contributed by atoms with Gasteiger partial charge in [-0.05, 0) is 24.1 Å². The molecule has 0 heterocycles. The Bertz CT molecular complexity index is 520. The van der Waals surface area contributed by atoms with Crippen LogP contribution in [0.25, 0.3) is 0 Å². The van der Waals surface area contributed by atoms with Crippen LogP contribution < -0.4 is 5.32 Å². The monoisotopic (exact) mass is 297 g/mol. The molecule has 1 saturated carbocycles. The van der Waals surface area contributed by atoms with Gasteiger partial charge < -0.3 is 15.2 Å². The molecular formula is C14H16ClNO4. The van der Waals surface area contributed by atoms with Crippen LogP contribution in [0.5, 0.6) is 0 Å². The third-order valence-corrected chi connectivity index (χ3v) is 3.65. The largest absolute Gasteiger partial charge is 0.481 e. The van der Waals surface area contributed by atoms with E-state index in [0.29, 0.717) is 18.0 Å². The molecule has 20 heavy (non-hydrogen) atoms. The van der Waals surface area contributed by atoms with Crippen molar-refractivity contribution in [3.05, 3.63) is 34.9 Å². The summed E-state index contributed by atoms with van der Waals surface area (Å²) in [5, 5.41) is 12.1. The minimum absolute atomic E-state index is 0.235. The van der Waals surface area contributed by atoms with Gasteiger partial charge in [-0.3, -0.25) is 9.59 Å². The lowest BCUT2D eigenvalue weighted by atomic mass is 10.1. The van der Waals surface area contributed by atoms with Gasteiger partial charge in [0.25, 0.3) is 0 Å².